The fraction of sp³-hybridized carbons (Fsp3) is 0.0952. The maximum absolute atomic E-state index is 12.2. The zero-order valence-corrected chi connectivity index (χ0v) is 14.0. The van der Waals surface area contributed by atoms with Gasteiger partial charge in [-0.15, -0.1) is 0 Å². The Labute approximate surface area is 146 Å². The molecule has 0 spiro atoms. The maximum Gasteiger partial charge on any atom is 0.343 e. The predicted octanol–water partition coefficient (Wildman–Crippen LogP) is 4.60. The van der Waals surface area contributed by atoms with Crippen LogP contribution in [0.15, 0.2) is 60.7 Å². The molecule has 0 aliphatic carbocycles. The van der Waals surface area contributed by atoms with E-state index in [9.17, 15) is 15.0 Å². The first kappa shape index (κ1) is 16.6. The van der Waals surface area contributed by atoms with Crippen molar-refractivity contribution in [1.82, 2.24) is 0 Å². The van der Waals surface area contributed by atoms with E-state index < -0.39 is 5.97 Å². The quantitative estimate of drug-likeness (QED) is 0.542. The molecule has 0 atom stereocenters. The van der Waals surface area contributed by atoms with Crippen molar-refractivity contribution in [3.63, 3.8) is 0 Å². The SMILES string of the molecule is Cc1cc(-c2ccc(OC(=O)c3ccc(O)cc3)c(C)c2)ccc1O. The summed E-state index contributed by atoms with van der Waals surface area (Å²) in [5.74, 6) is 0.370. The Bertz CT molecular complexity index is 927. The lowest BCUT2D eigenvalue weighted by atomic mass is 10.0. The molecule has 3 aromatic rings. The summed E-state index contributed by atoms with van der Waals surface area (Å²) in [4.78, 5) is 12.2. The molecule has 0 aliphatic rings. The number of aromatic hydroxyl groups is 2. The first-order valence-electron chi connectivity index (χ1n) is 7.86. The van der Waals surface area contributed by atoms with Crippen molar-refractivity contribution in [2.75, 3.05) is 0 Å². The Balaban J connectivity index is 1.83. The molecule has 3 aromatic carbocycles. The van der Waals surface area contributed by atoms with Gasteiger partial charge in [0, 0.05) is 0 Å². The molecule has 0 amide bonds. The van der Waals surface area contributed by atoms with Crippen LogP contribution in [0, 0.1) is 13.8 Å². The zero-order valence-electron chi connectivity index (χ0n) is 14.0. The molecular weight excluding hydrogens is 316 g/mol. The van der Waals surface area contributed by atoms with E-state index >= 15 is 0 Å². The number of carbonyl (C=O) groups is 1. The molecule has 0 heterocycles. The van der Waals surface area contributed by atoms with Crippen LogP contribution in [0.1, 0.15) is 21.5 Å². The lowest BCUT2D eigenvalue weighted by molar-refractivity contribution is 0.0733. The molecule has 4 heteroatoms. The monoisotopic (exact) mass is 334 g/mol. The Kier molecular flexibility index (Phi) is 4.44. The number of aryl methyl sites for hydroxylation is 2. The lowest BCUT2D eigenvalue weighted by Gasteiger charge is -2.10. The van der Waals surface area contributed by atoms with Gasteiger partial charge in [0.2, 0.25) is 0 Å². The van der Waals surface area contributed by atoms with Gasteiger partial charge < -0.3 is 14.9 Å². The Hall–Kier alpha value is -3.27. The van der Waals surface area contributed by atoms with E-state index in [0.717, 1.165) is 22.3 Å². The van der Waals surface area contributed by atoms with E-state index in [0.29, 0.717) is 11.3 Å². The minimum atomic E-state index is -0.476. The standard InChI is InChI=1S/C21H18O4/c1-13-11-16(5-9-19(13)23)17-6-10-20(14(2)12-17)25-21(24)15-3-7-18(22)8-4-15/h3-12,22-23H,1-2H3. The van der Waals surface area contributed by atoms with Gasteiger partial charge in [-0.1, -0.05) is 12.1 Å². The predicted molar refractivity (Wildman–Crippen MR) is 96.1 cm³/mol. The van der Waals surface area contributed by atoms with Crippen LogP contribution in [-0.4, -0.2) is 16.2 Å². The van der Waals surface area contributed by atoms with Crippen LogP contribution < -0.4 is 4.74 Å². The van der Waals surface area contributed by atoms with Crippen molar-refractivity contribution >= 4 is 5.97 Å². The molecule has 0 saturated heterocycles. The summed E-state index contributed by atoms with van der Waals surface area (Å²) >= 11 is 0. The van der Waals surface area contributed by atoms with E-state index in [-0.39, 0.29) is 11.5 Å². The van der Waals surface area contributed by atoms with Gasteiger partial charge in [0.25, 0.3) is 0 Å². The smallest absolute Gasteiger partial charge is 0.343 e. The highest BCUT2D eigenvalue weighted by molar-refractivity contribution is 5.91. The highest BCUT2D eigenvalue weighted by atomic mass is 16.5. The van der Waals surface area contributed by atoms with Gasteiger partial charge in [0.15, 0.2) is 0 Å². The molecule has 0 unspecified atom stereocenters. The molecule has 25 heavy (non-hydrogen) atoms. The summed E-state index contributed by atoms with van der Waals surface area (Å²) in [6.07, 6.45) is 0. The maximum atomic E-state index is 12.2. The molecule has 0 aliphatic heterocycles. The van der Waals surface area contributed by atoms with Crippen molar-refractivity contribution in [1.29, 1.82) is 0 Å². The molecule has 126 valence electrons. The summed E-state index contributed by atoms with van der Waals surface area (Å²) in [6.45, 7) is 3.72. The van der Waals surface area contributed by atoms with Crippen molar-refractivity contribution < 1.29 is 19.7 Å². The summed E-state index contributed by atoms with van der Waals surface area (Å²) in [6, 6.07) is 16.9. The molecule has 0 saturated carbocycles. The van der Waals surface area contributed by atoms with E-state index in [2.05, 4.69) is 0 Å². The molecule has 0 radical (unpaired) electrons. The third-order valence-corrected chi connectivity index (χ3v) is 4.01. The first-order chi connectivity index (χ1) is 11.9. The average molecular weight is 334 g/mol. The second-order valence-electron chi connectivity index (χ2n) is 5.92. The highest BCUT2D eigenvalue weighted by Gasteiger charge is 2.11. The van der Waals surface area contributed by atoms with Gasteiger partial charge in [-0.2, -0.15) is 0 Å². The lowest BCUT2D eigenvalue weighted by Crippen LogP contribution is -2.09. The van der Waals surface area contributed by atoms with Gasteiger partial charge in [0.1, 0.15) is 17.2 Å². The summed E-state index contributed by atoms with van der Waals surface area (Å²) in [5.41, 5.74) is 3.96. The number of esters is 1. The van der Waals surface area contributed by atoms with Crippen LogP contribution in [0.2, 0.25) is 0 Å². The summed E-state index contributed by atoms with van der Waals surface area (Å²) < 4.78 is 5.44. The Morgan fingerprint density at radius 1 is 0.800 bits per heavy atom. The van der Waals surface area contributed by atoms with Crippen molar-refractivity contribution in [2.24, 2.45) is 0 Å². The van der Waals surface area contributed by atoms with Crippen molar-refractivity contribution in [3.05, 3.63) is 77.4 Å². The van der Waals surface area contributed by atoms with Gasteiger partial charge in [0.05, 0.1) is 5.56 Å². The minimum absolute atomic E-state index is 0.0984. The number of ether oxygens (including phenoxy) is 1. The van der Waals surface area contributed by atoms with Crippen LogP contribution in [0.5, 0.6) is 17.2 Å². The topological polar surface area (TPSA) is 66.8 Å². The number of benzene rings is 3. The fourth-order valence-electron chi connectivity index (χ4n) is 2.53. The first-order valence-corrected chi connectivity index (χ1v) is 7.86. The number of rotatable bonds is 3. The molecule has 2 N–H and O–H groups in total. The molecule has 0 bridgehead atoms. The summed E-state index contributed by atoms with van der Waals surface area (Å²) in [7, 11) is 0. The molecule has 0 aromatic heterocycles. The Morgan fingerprint density at radius 3 is 2.00 bits per heavy atom. The molecule has 3 rings (SSSR count). The fourth-order valence-corrected chi connectivity index (χ4v) is 2.53. The third-order valence-electron chi connectivity index (χ3n) is 4.01. The van der Waals surface area contributed by atoms with Crippen LogP contribution in [-0.2, 0) is 0 Å². The van der Waals surface area contributed by atoms with E-state index in [1.54, 1.807) is 12.1 Å². The number of phenolic OH excluding ortho intramolecular Hbond substituents is 2. The van der Waals surface area contributed by atoms with Gasteiger partial charge >= 0.3 is 5.97 Å². The van der Waals surface area contributed by atoms with Crippen LogP contribution in [0.4, 0.5) is 0 Å². The second kappa shape index (κ2) is 6.69. The summed E-state index contributed by atoms with van der Waals surface area (Å²) in [5, 5.41) is 18.9. The van der Waals surface area contributed by atoms with Crippen LogP contribution in [0.25, 0.3) is 11.1 Å². The van der Waals surface area contributed by atoms with Crippen LogP contribution >= 0.6 is 0 Å². The van der Waals surface area contributed by atoms with Crippen LogP contribution in [0.3, 0.4) is 0 Å². The average Bonchev–Trinajstić information content (AvgIpc) is 2.59. The van der Waals surface area contributed by atoms with Crippen molar-refractivity contribution in [2.45, 2.75) is 13.8 Å². The van der Waals surface area contributed by atoms with E-state index in [1.165, 1.54) is 24.3 Å². The highest BCUT2D eigenvalue weighted by Crippen LogP contribution is 2.29. The van der Waals surface area contributed by atoms with Gasteiger partial charge in [-0.05, 0) is 84.6 Å². The van der Waals surface area contributed by atoms with E-state index in [4.69, 9.17) is 4.74 Å². The molecule has 4 nitrogen and oxygen atoms in total. The van der Waals surface area contributed by atoms with Gasteiger partial charge in [-0.25, -0.2) is 4.79 Å². The molecule has 0 fully saturated rings. The largest absolute Gasteiger partial charge is 0.508 e. The third kappa shape index (κ3) is 3.63. The molecular formula is C21H18O4. The Morgan fingerprint density at radius 2 is 1.40 bits per heavy atom. The zero-order chi connectivity index (χ0) is 18.0. The van der Waals surface area contributed by atoms with Gasteiger partial charge in [-0.3, -0.25) is 0 Å². The normalized spacial score (nSPS) is 10.5. The number of carbonyl (C=O) groups excluding carboxylic acids is 1. The van der Waals surface area contributed by atoms with E-state index in [1.807, 2.05) is 38.1 Å². The second-order valence-corrected chi connectivity index (χ2v) is 5.92. The minimum Gasteiger partial charge on any atom is -0.508 e. The number of hydrogen-bond acceptors (Lipinski definition) is 4. The van der Waals surface area contributed by atoms with Crippen molar-refractivity contribution in [3.8, 4) is 28.4 Å². The number of hydrogen-bond donors (Lipinski definition) is 2. The number of phenols is 2.